The summed E-state index contributed by atoms with van der Waals surface area (Å²) in [4.78, 5) is 35.0. The molecular formula is C19H21N5O4S. The molecule has 29 heavy (non-hydrogen) atoms. The molecule has 0 saturated carbocycles. The molecule has 1 aliphatic heterocycles. The van der Waals surface area contributed by atoms with Crippen molar-refractivity contribution in [1.29, 1.82) is 0 Å². The van der Waals surface area contributed by atoms with E-state index in [1.807, 2.05) is 24.3 Å². The zero-order valence-corrected chi connectivity index (χ0v) is 16.8. The second kappa shape index (κ2) is 8.64. The minimum atomic E-state index is -0.118. The first-order chi connectivity index (χ1) is 14.1. The molecule has 10 heteroatoms. The predicted molar refractivity (Wildman–Crippen MR) is 105 cm³/mol. The number of aryl methyl sites for hydroxylation is 1. The number of rotatable bonds is 6. The van der Waals surface area contributed by atoms with Crippen molar-refractivity contribution in [3.05, 3.63) is 36.0 Å². The second-order valence-corrected chi connectivity index (χ2v) is 7.77. The van der Waals surface area contributed by atoms with Crippen molar-refractivity contribution in [2.75, 3.05) is 18.8 Å². The molecule has 3 heterocycles. The number of piperidine rings is 1. The molecule has 4 rings (SSSR count). The SMILES string of the molecule is Cc1noc(CNC(=O)C2CCN(C(=O)CSc3nc4ccccc4o3)CC2)n1. The number of thioether (sulfide) groups is 1. The van der Waals surface area contributed by atoms with E-state index in [2.05, 4.69) is 20.4 Å². The Morgan fingerprint density at radius 3 is 2.76 bits per heavy atom. The fraction of sp³-hybridized carbons (Fsp3) is 0.421. The monoisotopic (exact) mass is 415 g/mol. The van der Waals surface area contributed by atoms with Crippen LogP contribution in [0.4, 0.5) is 0 Å². The lowest BCUT2D eigenvalue weighted by atomic mass is 9.96. The second-order valence-electron chi connectivity index (χ2n) is 6.84. The van der Waals surface area contributed by atoms with Gasteiger partial charge in [-0.15, -0.1) is 0 Å². The minimum Gasteiger partial charge on any atom is -0.431 e. The molecule has 9 nitrogen and oxygen atoms in total. The summed E-state index contributed by atoms with van der Waals surface area (Å²) in [6.07, 6.45) is 1.27. The summed E-state index contributed by atoms with van der Waals surface area (Å²) >= 11 is 1.29. The number of carbonyl (C=O) groups is 2. The molecule has 2 aromatic heterocycles. The molecule has 0 aliphatic carbocycles. The van der Waals surface area contributed by atoms with Gasteiger partial charge in [0.1, 0.15) is 5.52 Å². The number of carbonyl (C=O) groups excluding carboxylic acids is 2. The van der Waals surface area contributed by atoms with Crippen molar-refractivity contribution < 1.29 is 18.5 Å². The fourth-order valence-electron chi connectivity index (χ4n) is 3.24. The average molecular weight is 415 g/mol. The number of amides is 2. The highest BCUT2D eigenvalue weighted by Crippen LogP contribution is 2.24. The van der Waals surface area contributed by atoms with Crippen LogP contribution in [0.5, 0.6) is 0 Å². The Morgan fingerprint density at radius 2 is 2.03 bits per heavy atom. The van der Waals surface area contributed by atoms with Gasteiger partial charge in [-0.3, -0.25) is 9.59 Å². The van der Waals surface area contributed by atoms with Gasteiger partial charge in [-0.2, -0.15) is 4.98 Å². The van der Waals surface area contributed by atoms with E-state index >= 15 is 0 Å². The number of hydrogen-bond donors (Lipinski definition) is 1. The van der Waals surface area contributed by atoms with Gasteiger partial charge in [0.05, 0.1) is 12.3 Å². The lowest BCUT2D eigenvalue weighted by Gasteiger charge is -2.31. The Balaban J connectivity index is 1.21. The van der Waals surface area contributed by atoms with Crippen LogP contribution in [0.3, 0.4) is 0 Å². The molecule has 1 fully saturated rings. The maximum absolute atomic E-state index is 12.5. The molecule has 0 bridgehead atoms. The Morgan fingerprint density at radius 1 is 1.24 bits per heavy atom. The van der Waals surface area contributed by atoms with Crippen molar-refractivity contribution in [3.8, 4) is 0 Å². The first-order valence-electron chi connectivity index (χ1n) is 9.41. The summed E-state index contributed by atoms with van der Waals surface area (Å²) in [5.41, 5.74) is 1.50. The van der Waals surface area contributed by atoms with E-state index in [1.54, 1.807) is 11.8 Å². The van der Waals surface area contributed by atoms with Crippen LogP contribution in [0.25, 0.3) is 11.1 Å². The molecule has 1 aromatic carbocycles. The lowest BCUT2D eigenvalue weighted by molar-refractivity contribution is -0.133. The van der Waals surface area contributed by atoms with Gasteiger partial charge < -0.3 is 19.2 Å². The van der Waals surface area contributed by atoms with Crippen LogP contribution in [-0.2, 0) is 16.1 Å². The molecule has 0 atom stereocenters. The fourth-order valence-corrected chi connectivity index (χ4v) is 3.98. The van der Waals surface area contributed by atoms with Gasteiger partial charge in [0, 0.05) is 19.0 Å². The third-order valence-electron chi connectivity index (χ3n) is 4.80. The Kier molecular flexibility index (Phi) is 5.79. The topological polar surface area (TPSA) is 114 Å². The Hall–Kier alpha value is -2.88. The molecule has 1 N–H and O–H groups in total. The van der Waals surface area contributed by atoms with Gasteiger partial charge in [0.25, 0.3) is 5.22 Å². The van der Waals surface area contributed by atoms with E-state index in [1.165, 1.54) is 11.8 Å². The summed E-state index contributed by atoms with van der Waals surface area (Å²) in [7, 11) is 0. The third-order valence-corrected chi connectivity index (χ3v) is 5.61. The highest BCUT2D eigenvalue weighted by atomic mass is 32.2. The van der Waals surface area contributed by atoms with Gasteiger partial charge in [-0.25, -0.2) is 4.98 Å². The normalized spacial score (nSPS) is 15.0. The smallest absolute Gasteiger partial charge is 0.257 e. The molecule has 2 amide bonds. The summed E-state index contributed by atoms with van der Waals surface area (Å²) in [6, 6.07) is 7.51. The number of aromatic nitrogens is 3. The van der Waals surface area contributed by atoms with Gasteiger partial charge >= 0.3 is 0 Å². The molecule has 1 aliphatic rings. The minimum absolute atomic E-state index is 0.0254. The van der Waals surface area contributed by atoms with E-state index in [0.29, 0.717) is 48.5 Å². The first-order valence-corrected chi connectivity index (χ1v) is 10.4. The van der Waals surface area contributed by atoms with Crippen molar-refractivity contribution in [1.82, 2.24) is 25.3 Å². The van der Waals surface area contributed by atoms with Crippen LogP contribution in [0.15, 0.2) is 38.4 Å². The molecule has 0 radical (unpaired) electrons. The molecule has 1 saturated heterocycles. The van der Waals surface area contributed by atoms with E-state index in [4.69, 9.17) is 8.94 Å². The maximum atomic E-state index is 12.5. The third kappa shape index (κ3) is 4.76. The predicted octanol–water partition coefficient (Wildman–Crippen LogP) is 2.17. The van der Waals surface area contributed by atoms with Crippen LogP contribution in [0.2, 0.25) is 0 Å². The van der Waals surface area contributed by atoms with Crippen molar-refractivity contribution in [2.45, 2.75) is 31.5 Å². The number of benzene rings is 1. The van der Waals surface area contributed by atoms with Crippen LogP contribution in [-0.4, -0.2) is 50.7 Å². The van der Waals surface area contributed by atoms with Crippen molar-refractivity contribution >= 4 is 34.7 Å². The van der Waals surface area contributed by atoms with Gasteiger partial charge in [0.2, 0.25) is 17.7 Å². The quantitative estimate of drug-likeness (QED) is 0.609. The van der Waals surface area contributed by atoms with Gasteiger partial charge in [0.15, 0.2) is 11.4 Å². The average Bonchev–Trinajstić information content (AvgIpc) is 3.35. The maximum Gasteiger partial charge on any atom is 0.257 e. The van der Waals surface area contributed by atoms with Crippen LogP contribution >= 0.6 is 11.8 Å². The largest absolute Gasteiger partial charge is 0.431 e. The molecule has 3 aromatic rings. The van der Waals surface area contributed by atoms with Gasteiger partial charge in [-0.05, 0) is 31.9 Å². The molecule has 152 valence electrons. The highest BCUT2D eigenvalue weighted by molar-refractivity contribution is 7.99. The molecule has 0 spiro atoms. The number of oxazole rings is 1. The summed E-state index contributed by atoms with van der Waals surface area (Å²) in [5.74, 6) is 1.05. The molecule has 0 unspecified atom stereocenters. The zero-order chi connectivity index (χ0) is 20.2. The van der Waals surface area contributed by atoms with Crippen molar-refractivity contribution in [3.63, 3.8) is 0 Å². The summed E-state index contributed by atoms with van der Waals surface area (Å²) in [5, 5.41) is 7.01. The lowest BCUT2D eigenvalue weighted by Crippen LogP contribution is -2.43. The number of nitrogens with zero attached hydrogens (tertiary/aromatic N) is 4. The number of para-hydroxylation sites is 2. The van der Waals surface area contributed by atoms with E-state index < -0.39 is 0 Å². The van der Waals surface area contributed by atoms with Crippen LogP contribution < -0.4 is 5.32 Å². The highest BCUT2D eigenvalue weighted by Gasteiger charge is 2.27. The number of hydrogen-bond acceptors (Lipinski definition) is 8. The van der Waals surface area contributed by atoms with Crippen LogP contribution in [0.1, 0.15) is 24.6 Å². The standard InChI is InChI=1S/C19H21N5O4S/c1-12-21-16(28-23-12)10-20-18(26)13-6-8-24(9-7-13)17(25)11-29-19-22-14-4-2-3-5-15(14)27-19/h2-5,13H,6-11H2,1H3,(H,20,26). The number of nitrogens with one attached hydrogen (secondary N) is 1. The van der Waals surface area contributed by atoms with E-state index in [0.717, 1.165) is 5.52 Å². The van der Waals surface area contributed by atoms with Gasteiger partial charge in [-0.1, -0.05) is 29.1 Å². The van der Waals surface area contributed by atoms with Crippen LogP contribution in [0, 0.1) is 12.8 Å². The van der Waals surface area contributed by atoms with Crippen molar-refractivity contribution in [2.24, 2.45) is 5.92 Å². The summed E-state index contributed by atoms with van der Waals surface area (Å²) in [6.45, 7) is 3.07. The van der Waals surface area contributed by atoms with E-state index in [9.17, 15) is 9.59 Å². The molecular weight excluding hydrogens is 394 g/mol. The number of likely N-dealkylation sites (tertiary alicyclic amines) is 1. The Labute approximate surface area is 171 Å². The number of fused-ring (bicyclic) bond motifs is 1. The zero-order valence-electron chi connectivity index (χ0n) is 16.0. The summed E-state index contributed by atoms with van der Waals surface area (Å²) < 4.78 is 10.6. The Bertz CT molecular complexity index is 976. The van der Waals surface area contributed by atoms with E-state index in [-0.39, 0.29) is 30.0 Å². The first kappa shape index (κ1) is 19.4.